The summed E-state index contributed by atoms with van der Waals surface area (Å²) in [6, 6.07) is 2.48. The molecule has 1 rings (SSSR count). The summed E-state index contributed by atoms with van der Waals surface area (Å²) in [5.41, 5.74) is -1.69. The zero-order valence-corrected chi connectivity index (χ0v) is 11.8. The Kier molecular flexibility index (Phi) is 5.44. The van der Waals surface area contributed by atoms with Crippen molar-refractivity contribution >= 4 is 6.03 Å². The summed E-state index contributed by atoms with van der Waals surface area (Å²) < 4.78 is 26.4. The lowest BCUT2D eigenvalue weighted by molar-refractivity contribution is 0.0554. The SMILES string of the molecule is CCC(C)NC(=O)NCC(C)(O)c1ccc(F)cc1F. The topological polar surface area (TPSA) is 61.4 Å². The first-order valence-electron chi connectivity index (χ1n) is 6.48. The molecule has 6 heteroatoms. The Morgan fingerprint density at radius 1 is 1.45 bits per heavy atom. The van der Waals surface area contributed by atoms with E-state index in [1.54, 1.807) is 0 Å². The zero-order chi connectivity index (χ0) is 15.3. The third-order valence-corrected chi connectivity index (χ3v) is 3.09. The third-order valence-electron chi connectivity index (χ3n) is 3.09. The lowest BCUT2D eigenvalue weighted by Crippen LogP contribution is -2.46. The molecule has 0 aliphatic heterocycles. The van der Waals surface area contributed by atoms with Gasteiger partial charge in [0.15, 0.2) is 0 Å². The van der Waals surface area contributed by atoms with Crippen molar-refractivity contribution in [2.75, 3.05) is 6.54 Å². The second kappa shape index (κ2) is 6.65. The summed E-state index contributed by atoms with van der Waals surface area (Å²) in [5, 5.41) is 15.3. The molecule has 0 heterocycles. The number of amides is 2. The van der Waals surface area contributed by atoms with E-state index in [0.29, 0.717) is 6.07 Å². The highest BCUT2D eigenvalue weighted by molar-refractivity contribution is 5.74. The van der Waals surface area contributed by atoms with Crippen LogP contribution in [0.4, 0.5) is 13.6 Å². The lowest BCUT2D eigenvalue weighted by Gasteiger charge is -2.25. The predicted molar refractivity (Wildman–Crippen MR) is 72.2 cm³/mol. The van der Waals surface area contributed by atoms with Gasteiger partial charge in [-0.2, -0.15) is 0 Å². The highest BCUT2D eigenvalue weighted by Gasteiger charge is 2.27. The molecule has 20 heavy (non-hydrogen) atoms. The highest BCUT2D eigenvalue weighted by Crippen LogP contribution is 2.23. The first-order valence-corrected chi connectivity index (χ1v) is 6.48. The maximum absolute atomic E-state index is 13.6. The van der Waals surface area contributed by atoms with Crippen molar-refractivity contribution in [1.82, 2.24) is 10.6 Å². The second-order valence-corrected chi connectivity index (χ2v) is 5.03. The zero-order valence-electron chi connectivity index (χ0n) is 11.8. The van der Waals surface area contributed by atoms with Gasteiger partial charge in [-0.25, -0.2) is 13.6 Å². The van der Waals surface area contributed by atoms with Gasteiger partial charge in [-0.05, 0) is 26.3 Å². The molecule has 0 saturated heterocycles. The van der Waals surface area contributed by atoms with Crippen LogP contribution in [0.25, 0.3) is 0 Å². The fourth-order valence-electron chi connectivity index (χ4n) is 1.65. The molecule has 0 aromatic heterocycles. The van der Waals surface area contributed by atoms with Crippen LogP contribution >= 0.6 is 0 Å². The summed E-state index contributed by atoms with van der Waals surface area (Å²) >= 11 is 0. The molecule has 0 fully saturated rings. The number of aliphatic hydroxyl groups is 1. The molecule has 4 nitrogen and oxygen atoms in total. The predicted octanol–water partition coefficient (Wildman–Crippen LogP) is 2.27. The smallest absolute Gasteiger partial charge is 0.315 e. The molecular formula is C14H20F2N2O2. The maximum atomic E-state index is 13.6. The number of urea groups is 1. The van der Waals surface area contributed by atoms with E-state index < -0.39 is 23.3 Å². The molecule has 0 aliphatic carbocycles. The van der Waals surface area contributed by atoms with Gasteiger partial charge in [0.2, 0.25) is 0 Å². The molecule has 0 aliphatic rings. The maximum Gasteiger partial charge on any atom is 0.315 e. The van der Waals surface area contributed by atoms with Crippen LogP contribution in [0.1, 0.15) is 32.8 Å². The van der Waals surface area contributed by atoms with Crippen LogP contribution in [0.3, 0.4) is 0 Å². The van der Waals surface area contributed by atoms with Gasteiger partial charge < -0.3 is 15.7 Å². The van der Waals surface area contributed by atoms with Crippen LogP contribution in [-0.4, -0.2) is 23.7 Å². The number of carbonyl (C=O) groups is 1. The van der Waals surface area contributed by atoms with Gasteiger partial charge >= 0.3 is 6.03 Å². The normalized spacial score (nSPS) is 15.3. The Bertz CT molecular complexity index is 478. The van der Waals surface area contributed by atoms with Gasteiger partial charge in [-0.1, -0.05) is 13.0 Å². The van der Waals surface area contributed by atoms with Crippen molar-refractivity contribution in [2.45, 2.75) is 38.8 Å². The quantitative estimate of drug-likeness (QED) is 0.777. The summed E-state index contributed by atoms with van der Waals surface area (Å²) in [6.07, 6.45) is 0.774. The number of nitrogens with one attached hydrogen (secondary N) is 2. The highest BCUT2D eigenvalue weighted by atomic mass is 19.1. The van der Waals surface area contributed by atoms with E-state index in [0.717, 1.165) is 12.5 Å². The molecule has 0 bridgehead atoms. The van der Waals surface area contributed by atoms with Crippen molar-refractivity contribution < 1.29 is 18.7 Å². The van der Waals surface area contributed by atoms with Crippen LogP contribution in [-0.2, 0) is 5.60 Å². The molecule has 112 valence electrons. The number of hydrogen-bond donors (Lipinski definition) is 3. The van der Waals surface area contributed by atoms with Crippen LogP contribution in [0, 0.1) is 11.6 Å². The van der Waals surface area contributed by atoms with Crippen LogP contribution in [0.5, 0.6) is 0 Å². The number of carbonyl (C=O) groups excluding carboxylic acids is 1. The molecule has 0 saturated carbocycles. The van der Waals surface area contributed by atoms with Gasteiger partial charge in [0.25, 0.3) is 0 Å². The van der Waals surface area contributed by atoms with Crippen molar-refractivity contribution in [3.63, 3.8) is 0 Å². The van der Waals surface area contributed by atoms with Crippen molar-refractivity contribution in [3.8, 4) is 0 Å². The Balaban J connectivity index is 2.67. The second-order valence-electron chi connectivity index (χ2n) is 5.03. The molecule has 2 unspecified atom stereocenters. The Morgan fingerprint density at radius 3 is 2.65 bits per heavy atom. The summed E-state index contributed by atoms with van der Waals surface area (Å²) in [4.78, 5) is 11.5. The largest absolute Gasteiger partial charge is 0.383 e. The van der Waals surface area contributed by atoms with Crippen molar-refractivity contribution in [2.24, 2.45) is 0 Å². The Hall–Kier alpha value is -1.69. The number of benzene rings is 1. The average Bonchev–Trinajstić information content (AvgIpc) is 2.36. The van der Waals surface area contributed by atoms with Crippen LogP contribution < -0.4 is 10.6 Å². The molecule has 0 spiro atoms. The number of hydrogen-bond acceptors (Lipinski definition) is 2. The van der Waals surface area contributed by atoms with E-state index in [1.165, 1.54) is 13.0 Å². The first kappa shape index (κ1) is 16.4. The monoisotopic (exact) mass is 286 g/mol. The average molecular weight is 286 g/mol. The van der Waals surface area contributed by atoms with E-state index >= 15 is 0 Å². The van der Waals surface area contributed by atoms with Crippen LogP contribution in [0.15, 0.2) is 18.2 Å². The molecule has 1 aromatic carbocycles. The lowest BCUT2D eigenvalue weighted by atomic mass is 9.95. The minimum Gasteiger partial charge on any atom is -0.383 e. The fourth-order valence-corrected chi connectivity index (χ4v) is 1.65. The first-order chi connectivity index (χ1) is 9.26. The number of rotatable bonds is 5. The summed E-state index contributed by atoms with van der Waals surface area (Å²) in [6.45, 7) is 4.94. The molecule has 1 aromatic rings. The molecule has 2 atom stereocenters. The van der Waals surface area contributed by atoms with E-state index in [4.69, 9.17) is 0 Å². The fraction of sp³-hybridized carbons (Fsp3) is 0.500. The minimum atomic E-state index is -1.62. The summed E-state index contributed by atoms with van der Waals surface area (Å²) in [5.74, 6) is -1.57. The Labute approximate surface area is 117 Å². The molecule has 2 amide bonds. The van der Waals surface area contributed by atoms with E-state index in [1.807, 2.05) is 13.8 Å². The van der Waals surface area contributed by atoms with Gasteiger partial charge in [0.1, 0.15) is 17.2 Å². The summed E-state index contributed by atoms with van der Waals surface area (Å²) in [7, 11) is 0. The molecular weight excluding hydrogens is 266 g/mol. The molecule has 0 radical (unpaired) electrons. The van der Waals surface area contributed by atoms with Crippen molar-refractivity contribution in [3.05, 3.63) is 35.4 Å². The van der Waals surface area contributed by atoms with Crippen molar-refractivity contribution in [1.29, 1.82) is 0 Å². The minimum absolute atomic E-state index is 0.00232. The van der Waals surface area contributed by atoms with Gasteiger partial charge in [-0.15, -0.1) is 0 Å². The van der Waals surface area contributed by atoms with E-state index in [2.05, 4.69) is 10.6 Å². The van der Waals surface area contributed by atoms with E-state index in [-0.39, 0.29) is 18.2 Å². The molecule has 3 N–H and O–H groups in total. The van der Waals surface area contributed by atoms with E-state index in [9.17, 15) is 18.7 Å². The standard InChI is InChI=1S/C14H20F2N2O2/c1-4-9(2)18-13(19)17-8-14(3,20)11-6-5-10(15)7-12(11)16/h5-7,9,20H,4,8H2,1-3H3,(H2,17,18,19). The third kappa shape index (κ3) is 4.45. The van der Waals surface area contributed by atoms with Crippen LogP contribution in [0.2, 0.25) is 0 Å². The Morgan fingerprint density at radius 2 is 2.10 bits per heavy atom. The van der Waals surface area contributed by atoms with Gasteiger partial charge in [0, 0.05) is 17.7 Å². The van der Waals surface area contributed by atoms with Gasteiger partial charge in [0.05, 0.1) is 6.54 Å². The number of halogens is 2. The van der Waals surface area contributed by atoms with Gasteiger partial charge in [-0.3, -0.25) is 0 Å².